The number of benzene rings is 2. The van der Waals surface area contributed by atoms with Crippen LogP contribution in [0.5, 0.6) is 0 Å². The first kappa shape index (κ1) is 22.9. The van der Waals surface area contributed by atoms with Gasteiger partial charge in [0.1, 0.15) is 5.82 Å². The number of nitrogens with one attached hydrogen (secondary N) is 3. The molecule has 0 aliphatic rings. The van der Waals surface area contributed by atoms with Crippen LogP contribution in [0.4, 0.5) is 11.4 Å². The summed E-state index contributed by atoms with van der Waals surface area (Å²) in [5, 5.41) is 5.62. The lowest BCUT2D eigenvalue weighted by Gasteiger charge is -2.11. The molecule has 178 valence electrons. The molecular formula is C28H24N6O2. The number of rotatable bonds is 6. The summed E-state index contributed by atoms with van der Waals surface area (Å²) >= 11 is 0. The first-order valence-electron chi connectivity index (χ1n) is 11.5. The zero-order valence-corrected chi connectivity index (χ0v) is 19.9. The van der Waals surface area contributed by atoms with Gasteiger partial charge in [-0.05, 0) is 72.6 Å². The average Bonchev–Trinajstić information content (AvgIpc) is 3.34. The molecular weight excluding hydrogens is 452 g/mol. The van der Waals surface area contributed by atoms with Crippen molar-refractivity contribution < 1.29 is 9.59 Å². The van der Waals surface area contributed by atoms with Crippen molar-refractivity contribution in [2.75, 3.05) is 10.6 Å². The summed E-state index contributed by atoms with van der Waals surface area (Å²) in [7, 11) is 0. The third kappa shape index (κ3) is 4.97. The molecule has 0 aliphatic heterocycles. The van der Waals surface area contributed by atoms with Crippen LogP contribution < -0.4 is 10.6 Å². The van der Waals surface area contributed by atoms with E-state index in [1.165, 1.54) is 6.92 Å². The highest BCUT2D eigenvalue weighted by Gasteiger charge is 2.13. The summed E-state index contributed by atoms with van der Waals surface area (Å²) in [6.07, 6.45) is 5.95. The summed E-state index contributed by atoms with van der Waals surface area (Å²) in [6.45, 7) is 3.45. The fourth-order valence-corrected chi connectivity index (χ4v) is 4.04. The van der Waals surface area contributed by atoms with Crippen LogP contribution in [0.3, 0.4) is 0 Å². The Morgan fingerprint density at radius 1 is 0.944 bits per heavy atom. The normalized spacial score (nSPS) is 10.8. The average molecular weight is 477 g/mol. The molecule has 0 atom stereocenters. The van der Waals surface area contributed by atoms with Gasteiger partial charge in [0.15, 0.2) is 0 Å². The van der Waals surface area contributed by atoms with Crippen molar-refractivity contribution in [3.8, 4) is 11.3 Å². The predicted molar refractivity (Wildman–Crippen MR) is 140 cm³/mol. The Hall–Kier alpha value is -4.85. The first-order valence-corrected chi connectivity index (χ1v) is 11.5. The quantitative estimate of drug-likeness (QED) is 0.314. The molecule has 3 aromatic heterocycles. The van der Waals surface area contributed by atoms with Crippen molar-refractivity contribution in [2.24, 2.45) is 0 Å². The fourth-order valence-electron chi connectivity index (χ4n) is 4.04. The van der Waals surface area contributed by atoms with Gasteiger partial charge in [-0.3, -0.25) is 14.6 Å². The number of carbonyl (C=O) groups excluding carboxylic acids is 2. The topological polar surface area (TPSA) is 113 Å². The fraction of sp³-hybridized carbons (Fsp3) is 0.107. The molecule has 2 amide bonds. The lowest BCUT2D eigenvalue weighted by atomic mass is 10.0. The third-order valence-electron chi connectivity index (χ3n) is 5.80. The largest absolute Gasteiger partial charge is 0.358 e. The van der Waals surface area contributed by atoms with Gasteiger partial charge in [-0.1, -0.05) is 6.07 Å². The van der Waals surface area contributed by atoms with Crippen LogP contribution in [0.1, 0.15) is 34.2 Å². The minimum Gasteiger partial charge on any atom is -0.358 e. The van der Waals surface area contributed by atoms with Gasteiger partial charge in [0, 0.05) is 54.4 Å². The zero-order chi connectivity index (χ0) is 25.1. The predicted octanol–water partition coefficient (Wildman–Crippen LogP) is 5.13. The maximum Gasteiger partial charge on any atom is 0.255 e. The second-order valence-corrected chi connectivity index (χ2v) is 8.50. The number of hydrogen-bond donors (Lipinski definition) is 3. The zero-order valence-electron chi connectivity index (χ0n) is 19.9. The van der Waals surface area contributed by atoms with E-state index in [4.69, 9.17) is 9.97 Å². The molecule has 0 saturated heterocycles. The standard InChI is InChI=1S/C28H24N6O2/c1-17-14-23(32-28(36)19-5-8-22(9-6-19)31-18(2)35)10-7-20(17)15-25-33-24-11-13-30-27(24)26(34-25)21-4-3-12-29-16-21/h3-14,16,30H,15H2,1-2H3,(H,31,35)(H,32,36). The molecule has 5 aromatic rings. The maximum absolute atomic E-state index is 12.7. The lowest BCUT2D eigenvalue weighted by molar-refractivity contribution is -0.114. The van der Waals surface area contributed by atoms with Crippen LogP contribution in [0.15, 0.2) is 79.3 Å². The minimum absolute atomic E-state index is 0.158. The number of H-pyrrole nitrogens is 1. The number of pyridine rings is 1. The molecule has 0 saturated carbocycles. The molecule has 0 spiro atoms. The molecule has 0 fully saturated rings. The number of hydrogen-bond acceptors (Lipinski definition) is 5. The van der Waals surface area contributed by atoms with Gasteiger partial charge in [-0.15, -0.1) is 0 Å². The lowest BCUT2D eigenvalue weighted by Crippen LogP contribution is -2.12. The Morgan fingerprint density at radius 3 is 2.47 bits per heavy atom. The molecule has 8 nitrogen and oxygen atoms in total. The van der Waals surface area contributed by atoms with Crippen LogP contribution in [-0.2, 0) is 11.2 Å². The summed E-state index contributed by atoms with van der Waals surface area (Å²) in [4.78, 5) is 40.9. The van der Waals surface area contributed by atoms with Crippen molar-refractivity contribution >= 4 is 34.2 Å². The summed E-state index contributed by atoms with van der Waals surface area (Å²) in [5.74, 6) is 0.327. The van der Waals surface area contributed by atoms with Crippen LogP contribution >= 0.6 is 0 Å². The van der Waals surface area contributed by atoms with E-state index in [-0.39, 0.29) is 11.8 Å². The third-order valence-corrected chi connectivity index (χ3v) is 5.80. The molecule has 0 unspecified atom stereocenters. The van der Waals surface area contributed by atoms with E-state index < -0.39 is 0 Å². The van der Waals surface area contributed by atoms with Gasteiger partial charge in [-0.2, -0.15) is 0 Å². The number of amides is 2. The van der Waals surface area contributed by atoms with Crippen LogP contribution in [0, 0.1) is 6.92 Å². The van der Waals surface area contributed by atoms with Gasteiger partial charge in [-0.25, -0.2) is 9.97 Å². The summed E-state index contributed by atoms with van der Waals surface area (Å²) in [6, 6.07) is 18.4. The van der Waals surface area contributed by atoms with Gasteiger partial charge >= 0.3 is 0 Å². The molecule has 8 heteroatoms. The van der Waals surface area contributed by atoms with Gasteiger partial charge in [0.25, 0.3) is 5.91 Å². The van der Waals surface area contributed by atoms with Crippen molar-refractivity contribution in [2.45, 2.75) is 20.3 Å². The second kappa shape index (κ2) is 9.79. The minimum atomic E-state index is -0.223. The highest BCUT2D eigenvalue weighted by molar-refractivity contribution is 6.04. The van der Waals surface area contributed by atoms with E-state index in [9.17, 15) is 9.59 Å². The number of anilines is 2. The Balaban J connectivity index is 1.34. The molecule has 0 radical (unpaired) electrons. The molecule has 3 N–H and O–H groups in total. The molecule has 0 aliphatic carbocycles. The number of carbonyl (C=O) groups is 2. The Kier molecular flexibility index (Phi) is 6.23. The van der Waals surface area contributed by atoms with E-state index in [2.05, 4.69) is 20.6 Å². The van der Waals surface area contributed by atoms with Gasteiger partial charge in [0.05, 0.1) is 16.7 Å². The molecule has 5 rings (SSSR count). The van der Waals surface area contributed by atoms with E-state index in [0.717, 1.165) is 33.4 Å². The Bertz CT molecular complexity index is 1560. The first-order chi connectivity index (χ1) is 17.5. The molecule has 36 heavy (non-hydrogen) atoms. The Labute approximate surface area is 207 Å². The molecule has 0 bridgehead atoms. The van der Waals surface area contributed by atoms with Crippen LogP contribution in [-0.4, -0.2) is 31.8 Å². The second-order valence-electron chi connectivity index (χ2n) is 8.50. The molecule has 3 heterocycles. The summed E-state index contributed by atoms with van der Waals surface area (Å²) < 4.78 is 0. The number of aryl methyl sites for hydroxylation is 1. The van der Waals surface area contributed by atoms with Gasteiger partial charge < -0.3 is 15.6 Å². The highest BCUT2D eigenvalue weighted by Crippen LogP contribution is 2.26. The van der Waals surface area contributed by atoms with Crippen LogP contribution in [0.25, 0.3) is 22.3 Å². The number of nitrogens with zero attached hydrogens (tertiary/aromatic N) is 3. The summed E-state index contributed by atoms with van der Waals surface area (Å²) in [5.41, 5.74) is 7.41. The number of aromatic amines is 1. The maximum atomic E-state index is 12.7. The van der Waals surface area contributed by atoms with Crippen molar-refractivity contribution in [1.29, 1.82) is 0 Å². The van der Waals surface area contributed by atoms with Crippen molar-refractivity contribution in [3.05, 3.63) is 102 Å². The highest BCUT2D eigenvalue weighted by atomic mass is 16.2. The smallest absolute Gasteiger partial charge is 0.255 e. The van der Waals surface area contributed by atoms with Crippen molar-refractivity contribution in [3.63, 3.8) is 0 Å². The van der Waals surface area contributed by atoms with Crippen molar-refractivity contribution in [1.82, 2.24) is 19.9 Å². The Morgan fingerprint density at radius 2 is 1.75 bits per heavy atom. The van der Waals surface area contributed by atoms with E-state index in [1.54, 1.807) is 36.7 Å². The molecule has 2 aromatic carbocycles. The number of fused-ring (bicyclic) bond motifs is 1. The van der Waals surface area contributed by atoms with E-state index in [1.807, 2.05) is 49.5 Å². The van der Waals surface area contributed by atoms with Crippen LogP contribution in [0.2, 0.25) is 0 Å². The number of aromatic nitrogens is 4. The van der Waals surface area contributed by atoms with E-state index >= 15 is 0 Å². The monoisotopic (exact) mass is 476 g/mol. The SMILES string of the molecule is CC(=O)Nc1ccc(C(=O)Nc2ccc(Cc3nc(-c4cccnc4)c4[nH]ccc4n3)c(C)c2)cc1. The van der Waals surface area contributed by atoms with Gasteiger partial charge in [0.2, 0.25) is 5.91 Å². The van der Waals surface area contributed by atoms with E-state index in [0.29, 0.717) is 29.2 Å².